The molecule has 2 N–H and O–H groups in total. The summed E-state index contributed by atoms with van der Waals surface area (Å²) in [6, 6.07) is 17.6. The molecule has 5 rings (SSSR count). The van der Waals surface area contributed by atoms with E-state index >= 15 is 0 Å². The first-order chi connectivity index (χ1) is 18.3. The van der Waals surface area contributed by atoms with Gasteiger partial charge in [0.05, 0.1) is 28.7 Å². The number of amides is 1. The number of nitrogens with two attached hydrogens (primary N) is 1. The van der Waals surface area contributed by atoms with Crippen LogP contribution in [0.4, 0.5) is 0 Å². The van der Waals surface area contributed by atoms with Crippen LogP contribution in [-0.2, 0) is 4.79 Å². The molecule has 11 heteroatoms. The minimum absolute atomic E-state index is 0.183. The Kier molecular flexibility index (Phi) is 7.17. The number of primary amides is 1. The van der Waals surface area contributed by atoms with Crippen molar-refractivity contribution in [2.45, 2.75) is 6.92 Å². The second-order valence-electron chi connectivity index (χ2n) is 8.12. The van der Waals surface area contributed by atoms with E-state index in [0.29, 0.717) is 40.2 Å². The zero-order valence-corrected chi connectivity index (χ0v) is 22.3. The number of para-hydroxylation sites is 1. The quantitative estimate of drug-likeness (QED) is 0.241. The topological polar surface area (TPSA) is 122 Å². The average Bonchev–Trinajstić information content (AvgIpc) is 3.30. The lowest BCUT2D eigenvalue weighted by molar-refractivity contribution is -0.119. The van der Waals surface area contributed by atoms with Crippen molar-refractivity contribution in [1.82, 2.24) is 9.66 Å². The monoisotopic (exact) mass is 594 g/mol. The van der Waals surface area contributed by atoms with Crippen molar-refractivity contribution < 1.29 is 18.7 Å². The Morgan fingerprint density at radius 3 is 2.79 bits per heavy atom. The SMILES string of the molecule is CCOc1cc(C=Nn2c(-c3cc4cc(Br)ccc4o3)nc3ccccc3c2=O)cc(Cl)c1OCC(N)=O. The number of carbonyl (C=O) groups excluding carboxylic acids is 1. The zero-order chi connectivity index (χ0) is 26.8. The van der Waals surface area contributed by atoms with E-state index in [1.165, 1.54) is 10.9 Å². The average molecular weight is 596 g/mol. The van der Waals surface area contributed by atoms with Crippen LogP contribution in [0, 0.1) is 0 Å². The first-order valence-electron chi connectivity index (χ1n) is 11.5. The molecule has 192 valence electrons. The summed E-state index contributed by atoms with van der Waals surface area (Å²) < 4.78 is 19.2. The third-order valence-corrected chi connectivity index (χ3v) is 6.24. The van der Waals surface area contributed by atoms with Gasteiger partial charge in [-0.1, -0.05) is 39.7 Å². The van der Waals surface area contributed by atoms with Crippen LogP contribution in [0.3, 0.4) is 0 Å². The Morgan fingerprint density at radius 2 is 2.00 bits per heavy atom. The lowest BCUT2D eigenvalue weighted by atomic mass is 10.2. The highest BCUT2D eigenvalue weighted by atomic mass is 79.9. The summed E-state index contributed by atoms with van der Waals surface area (Å²) in [5.74, 6) is 0.442. The molecule has 0 fully saturated rings. The molecule has 2 aromatic heterocycles. The van der Waals surface area contributed by atoms with E-state index < -0.39 is 5.91 Å². The molecule has 0 aliphatic rings. The van der Waals surface area contributed by atoms with Crippen molar-refractivity contribution in [3.8, 4) is 23.1 Å². The maximum Gasteiger partial charge on any atom is 0.282 e. The van der Waals surface area contributed by atoms with Gasteiger partial charge >= 0.3 is 0 Å². The number of carbonyl (C=O) groups is 1. The van der Waals surface area contributed by atoms with Gasteiger partial charge in [-0.05, 0) is 61.0 Å². The van der Waals surface area contributed by atoms with E-state index in [4.69, 9.17) is 31.2 Å². The number of nitrogens with zero attached hydrogens (tertiary/aromatic N) is 3. The number of hydrogen-bond donors (Lipinski definition) is 1. The van der Waals surface area contributed by atoms with Gasteiger partial charge in [-0.25, -0.2) is 4.98 Å². The molecule has 3 aromatic carbocycles. The van der Waals surface area contributed by atoms with Crippen molar-refractivity contribution in [3.63, 3.8) is 0 Å². The van der Waals surface area contributed by atoms with Crippen molar-refractivity contribution >= 4 is 61.5 Å². The van der Waals surface area contributed by atoms with E-state index in [9.17, 15) is 9.59 Å². The standard InChI is InChI=1S/C27H20BrClN4O5/c1-2-36-22-10-15(9-19(29)25(22)37-14-24(30)34)13-31-33-26(32-20-6-4-3-5-18(20)27(33)35)23-12-16-11-17(28)7-8-21(16)38-23/h3-13H,2,14H2,1H3,(H2,30,34). The molecule has 0 aliphatic carbocycles. The number of aromatic nitrogens is 2. The normalized spacial score (nSPS) is 11.4. The molecule has 0 radical (unpaired) electrons. The third kappa shape index (κ3) is 5.13. The van der Waals surface area contributed by atoms with Crippen molar-refractivity contribution in [3.05, 3.63) is 86.1 Å². The van der Waals surface area contributed by atoms with Gasteiger partial charge in [0, 0.05) is 9.86 Å². The number of ether oxygens (including phenoxy) is 2. The van der Waals surface area contributed by atoms with E-state index in [2.05, 4.69) is 26.0 Å². The highest BCUT2D eigenvalue weighted by Gasteiger charge is 2.17. The molecule has 0 spiro atoms. The van der Waals surface area contributed by atoms with Crippen LogP contribution in [0.2, 0.25) is 5.02 Å². The van der Waals surface area contributed by atoms with Crippen molar-refractivity contribution in [2.24, 2.45) is 10.8 Å². The van der Waals surface area contributed by atoms with E-state index in [1.54, 1.807) is 49.4 Å². The Labute approximate surface area is 229 Å². The molecule has 1 amide bonds. The van der Waals surface area contributed by atoms with Crippen LogP contribution in [0.1, 0.15) is 12.5 Å². The summed E-state index contributed by atoms with van der Waals surface area (Å²) in [4.78, 5) is 29.4. The Hall–Kier alpha value is -4.15. The molecule has 0 saturated heterocycles. The largest absolute Gasteiger partial charge is 0.490 e. The van der Waals surface area contributed by atoms with Gasteiger partial charge in [0.15, 0.2) is 23.9 Å². The van der Waals surface area contributed by atoms with Gasteiger partial charge in [0.25, 0.3) is 11.5 Å². The van der Waals surface area contributed by atoms with Gasteiger partial charge in [0.2, 0.25) is 5.82 Å². The predicted octanol–water partition coefficient (Wildman–Crippen LogP) is 5.37. The second-order valence-corrected chi connectivity index (χ2v) is 9.45. The molecular weight excluding hydrogens is 576 g/mol. The van der Waals surface area contributed by atoms with Gasteiger partial charge < -0.3 is 19.6 Å². The lowest BCUT2D eigenvalue weighted by Crippen LogP contribution is -2.20. The van der Waals surface area contributed by atoms with Gasteiger partial charge in [-0.3, -0.25) is 9.59 Å². The summed E-state index contributed by atoms with van der Waals surface area (Å²) in [6.07, 6.45) is 1.45. The molecule has 5 aromatic rings. The summed E-state index contributed by atoms with van der Waals surface area (Å²) >= 11 is 9.87. The van der Waals surface area contributed by atoms with Crippen LogP contribution < -0.4 is 20.8 Å². The van der Waals surface area contributed by atoms with Crippen molar-refractivity contribution in [1.29, 1.82) is 0 Å². The molecule has 0 bridgehead atoms. The Bertz CT molecular complexity index is 1780. The molecule has 0 atom stereocenters. The summed E-state index contributed by atoms with van der Waals surface area (Å²) in [5, 5.41) is 5.88. The number of furan rings is 1. The highest BCUT2D eigenvalue weighted by molar-refractivity contribution is 9.10. The first-order valence-corrected chi connectivity index (χ1v) is 12.6. The minimum Gasteiger partial charge on any atom is -0.490 e. The summed E-state index contributed by atoms with van der Waals surface area (Å²) in [5.41, 5.74) is 6.48. The maximum absolute atomic E-state index is 13.5. The molecule has 0 unspecified atom stereocenters. The smallest absolute Gasteiger partial charge is 0.282 e. The fourth-order valence-electron chi connectivity index (χ4n) is 3.85. The molecular formula is C27H20BrClN4O5. The number of rotatable bonds is 8. The van der Waals surface area contributed by atoms with Gasteiger partial charge in [-0.15, -0.1) is 0 Å². The van der Waals surface area contributed by atoms with Crippen LogP contribution in [0.15, 0.2) is 79.4 Å². The number of benzene rings is 3. The van der Waals surface area contributed by atoms with E-state index in [-0.39, 0.29) is 28.8 Å². The van der Waals surface area contributed by atoms with Crippen LogP contribution >= 0.6 is 27.5 Å². The summed E-state index contributed by atoms with van der Waals surface area (Å²) in [7, 11) is 0. The number of fused-ring (bicyclic) bond motifs is 2. The maximum atomic E-state index is 13.5. The fraction of sp³-hybridized carbons (Fsp3) is 0.111. The molecule has 9 nitrogen and oxygen atoms in total. The lowest BCUT2D eigenvalue weighted by Gasteiger charge is -2.13. The summed E-state index contributed by atoms with van der Waals surface area (Å²) in [6.45, 7) is 1.76. The first kappa shape index (κ1) is 25.5. The molecule has 2 heterocycles. The third-order valence-electron chi connectivity index (χ3n) is 5.47. The molecule has 0 aliphatic heterocycles. The molecule has 0 saturated carbocycles. The number of halogens is 2. The fourth-order valence-corrected chi connectivity index (χ4v) is 4.50. The van der Waals surface area contributed by atoms with Crippen LogP contribution in [0.25, 0.3) is 33.5 Å². The Balaban J connectivity index is 1.63. The second kappa shape index (κ2) is 10.7. The van der Waals surface area contributed by atoms with Gasteiger partial charge in [0.1, 0.15) is 5.58 Å². The van der Waals surface area contributed by atoms with Gasteiger partial charge in [-0.2, -0.15) is 9.78 Å². The molecule has 38 heavy (non-hydrogen) atoms. The van der Waals surface area contributed by atoms with Crippen LogP contribution in [-0.4, -0.2) is 35.0 Å². The number of hydrogen-bond acceptors (Lipinski definition) is 7. The predicted molar refractivity (Wildman–Crippen MR) is 149 cm³/mol. The van der Waals surface area contributed by atoms with Crippen LogP contribution in [0.5, 0.6) is 11.5 Å². The highest BCUT2D eigenvalue weighted by Crippen LogP contribution is 2.36. The van der Waals surface area contributed by atoms with E-state index in [1.807, 2.05) is 18.2 Å². The minimum atomic E-state index is -0.650. The zero-order valence-electron chi connectivity index (χ0n) is 20.0. The van der Waals surface area contributed by atoms with E-state index in [0.717, 1.165) is 9.86 Å². The van der Waals surface area contributed by atoms with Crippen molar-refractivity contribution in [2.75, 3.05) is 13.2 Å². The Morgan fingerprint density at radius 1 is 1.18 bits per heavy atom.